The Kier molecular flexibility index (Phi) is 11.5. The number of carbonyl (C=O) groups excluding carboxylic acids is 1. The molecule has 3 heteroatoms. The van der Waals surface area contributed by atoms with Crippen LogP contribution in [-0.2, 0) is 4.79 Å². The molecule has 0 aliphatic carbocycles. The van der Waals surface area contributed by atoms with Gasteiger partial charge in [0.05, 0.1) is 0 Å². The highest BCUT2D eigenvalue weighted by atomic mass is 16.1. The monoisotopic (exact) mass is 242 g/mol. The van der Waals surface area contributed by atoms with E-state index in [1.165, 1.54) is 44.9 Å². The van der Waals surface area contributed by atoms with Gasteiger partial charge in [-0.3, -0.25) is 4.79 Å². The maximum atomic E-state index is 10.6. The lowest BCUT2D eigenvalue weighted by Gasteiger charge is -2.05. The highest BCUT2D eigenvalue weighted by Crippen LogP contribution is 2.09. The Balaban J connectivity index is 2.96. The van der Waals surface area contributed by atoms with Crippen LogP contribution in [0, 0.1) is 0 Å². The molecule has 1 unspecified atom stereocenters. The Bertz CT molecular complexity index is 181. The minimum absolute atomic E-state index is 0.0825. The third-order valence-corrected chi connectivity index (χ3v) is 2.96. The number of hydrogen-bond donors (Lipinski definition) is 2. The predicted octanol–water partition coefficient (Wildman–Crippen LogP) is 2.98. The van der Waals surface area contributed by atoms with Gasteiger partial charge >= 0.3 is 0 Å². The van der Waals surface area contributed by atoms with Gasteiger partial charge < -0.3 is 11.1 Å². The Labute approximate surface area is 107 Å². The van der Waals surface area contributed by atoms with Gasteiger partial charge in [0.25, 0.3) is 0 Å². The van der Waals surface area contributed by atoms with Crippen LogP contribution in [-0.4, -0.2) is 18.5 Å². The van der Waals surface area contributed by atoms with Gasteiger partial charge in [0, 0.05) is 19.5 Å². The van der Waals surface area contributed by atoms with Crippen molar-refractivity contribution in [2.24, 2.45) is 5.73 Å². The molecule has 3 nitrogen and oxygen atoms in total. The molecule has 1 amide bonds. The molecule has 0 bridgehead atoms. The van der Waals surface area contributed by atoms with Crippen molar-refractivity contribution in [1.82, 2.24) is 5.32 Å². The van der Waals surface area contributed by atoms with Crippen molar-refractivity contribution in [2.75, 3.05) is 6.54 Å². The van der Waals surface area contributed by atoms with E-state index >= 15 is 0 Å². The summed E-state index contributed by atoms with van der Waals surface area (Å²) < 4.78 is 0. The van der Waals surface area contributed by atoms with Gasteiger partial charge in [0.1, 0.15) is 0 Å². The smallest absolute Gasteiger partial charge is 0.216 e. The summed E-state index contributed by atoms with van der Waals surface area (Å²) in [7, 11) is 0. The summed E-state index contributed by atoms with van der Waals surface area (Å²) in [5.74, 6) is 0.0825. The van der Waals surface area contributed by atoms with E-state index in [1.807, 2.05) is 0 Å². The zero-order chi connectivity index (χ0) is 12.9. The minimum atomic E-state index is 0.0825. The molecule has 0 spiro atoms. The molecule has 0 aliphatic heterocycles. The molecular formula is C14H30N2O. The average Bonchev–Trinajstić information content (AvgIpc) is 2.25. The molecule has 1 atom stereocenters. The normalized spacial score (nSPS) is 12.4. The second kappa shape index (κ2) is 11.9. The quantitative estimate of drug-likeness (QED) is 0.547. The van der Waals surface area contributed by atoms with Gasteiger partial charge in [0.15, 0.2) is 0 Å². The first-order valence-corrected chi connectivity index (χ1v) is 7.13. The summed E-state index contributed by atoms with van der Waals surface area (Å²) in [5, 5.41) is 2.82. The van der Waals surface area contributed by atoms with E-state index < -0.39 is 0 Å². The zero-order valence-electron chi connectivity index (χ0n) is 11.6. The van der Waals surface area contributed by atoms with Gasteiger partial charge in [-0.2, -0.15) is 0 Å². The van der Waals surface area contributed by atoms with E-state index in [-0.39, 0.29) is 5.91 Å². The van der Waals surface area contributed by atoms with Crippen LogP contribution >= 0.6 is 0 Å². The van der Waals surface area contributed by atoms with Crippen molar-refractivity contribution >= 4 is 5.91 Å². The number of hydrogen-bond acceptors (Lipinski definition) is 2. The highest BCUT2D eigenvalue weighted by Gasteiger charge is 1.95. The van der Waals surface area contributed by atoms with Crippen LogP contribution in [0.4, 0.5) is 0 Å². The molecule has 0 radical (unpaired) electrons. The van der Waals surface area contributed by atoms with E-state index in [1.54, 1.807) is 6.92 Å². The van der Waals surface area contributed by atoms with Crippen LogP contribution in [0.15, 0.2) is 0 Å². The average molecular weight is 242 g/mol. The molecular weight excluding hydrogens is 212 g/mol. The molecule has 0 aromatic heterocycles. The van der Waals surface area contributed by atoms with Crippen LogP contribution in [0.5, 0.6) is 0 Å². The van der Waals surface area contributed by atoms with Crippen LogP contribution in [0.2, 0.25) is 0 Å². The molecule has 102 valence electrons. The van der Waals surface area contributed by atoms with Crippen molar-refractivity contribution in [3.8, 4) is 0 Å². The van der Waals surface area contributed by atoms with Crippen molar-refractivity contribution in [2.45, 2.75) is 77.7 Å². The third kappa shape index (κ3) is 15.4. The van der Waals surface area contributed by atoms with Gasteiger partial charge in [0.2, 0.25) is 5.91 Å². The molecule has 0 aliphatic rings. The van der Waals surface area contributed by atoms with Crippen LogP contribution in [0.1, 0.15) is 71.6 Å². The van der Waals surface area contributed by atoms with Crippen molar-refractivity contribution in [1.29, 1.82) is 0 Å². The topological polar surface area (TPSA) is 55.1 Å². The fourth-order valence-corrected chi connectivity index (χ4v) is 1.92. The number of nitrogens with two attached hydrogens (primary N) is 1. The third-order valence-electron chi connectivity index (χ3n) is 2.96. The lowest BCUT2D eigenvalue weighted by molar-refractivity contribution is -0.118. The fourth-order valence-electron chi connectivity index (χ4n) is 1.92. The fraction of sp³-hybridized carbons (Fsp3) is 0.929. The van der Waals surface area contributed by atoms with Crippen LogP contribution in [0.3, 0.4) is 0 Å². The molecule has 0 saturated carbocycles. The lowest BCUT2D eigenvalue weighted by atomic mass is 10.1. The van der Waals surface area contributed by atoms with Gasteiger partial charge in [-0.25, -0.2) is 0 Å². The number of unbranched alkanes of at least 4 members (excludes halogenated alkanes) is 7. The molecule has 3 N–H and O–H groups in total. The maximum absolute atomic E-state index is 10.6. The summed E-state index contributed by atoms with van der Waals surface area (Å²) >= 11 is 0. The lowest BCUT2D eigenvalue weighted by Crippen LogP contribution is -2.20. The van der Waals surface area contributed by atoms with Crippen LogP contribution < -0.4 is 11.1 Å². The van der Waals surface area contributed by atoms with Crippen molar-refractivity contribution in [3.63, 3.8) is 0 Å². The van der Waals surface area contributed by atoms with E-state index in [0.717, 1.165) is 19.4 Å². The standard InChI is InChI=1S/C14H30N2O/c1-13(15)11-9-7-5-3-4-6-8-10-12-16-14(2)17/h13H,3-12,15H2,1-2H3,(H,16,17). The first kappa shape index (κ1) is 16.4. The summed E-state index contributed by atoms with van der Waals surface area (Å²) in [6.07, 6.45) is 11.4. The van der Waals surface area contributed by atoms with E-state index in [4.69, 9.17) is 5.73 Å². The SMILES string of the molecule is CC(=O)NCCCCCCCCCCC(C)N. The number of rotatable bonds is 11. The van der Waals surface area contributed by atoms with E-state index in [0.29, 0.717) is 6.04 Å². The van der Waals surface area contributed by atoms with Crippen molar-refractivity contribution in [3.05, 3.63) is 0 Å². The predicted molar refractivity (Wildman–Crippen MR) is 73.9 cm³/mol. The molecule has 17 heavy (non-hydrogen) atoms. The van der Waals surface area contributed by atoms with Crippen LogP contribution in [0.25, 0.3) is 0 Å². The van der Waals surface area contributed by atoms with Gasteiger partial charge in [-0.05, 0) is 19.8 Å². The first-order valence-electron chi connectivity index (χ1n) is 7.13. The molecule has 0 fully saturated rings. The summed E-state index contributed by atoms with van der Waals surface area (Å²) in [6.45, 7) is 4.49. The maximum Gasteiger partial charge on any atom is 0.216 e. The number of nitrogens with one attached hydrogen (secondary N) is 1. The first-order chi connectivity index (χ1) is 8.13. The molecule has 0 saturated heterocycles. The Morgan fingerprint density at radius 2 is 1.47 bits per heavy atom. The molecule has 0 aromatic carbocycles. The zero-order valence-corrected chi connectivity index (χ0v) is 11.6. The van der Waals surface area contributed by atoms with Crippen molar-refractivity contribution < 1.29 is 4.79 Å². The minimum Gasteiger partial charge on any atom is -0.356 e. The molecule has 0 aromatic rings. The number of carbonyl (C=O) groups is 1. The Hall–Kier alpha value is -0.570. The number of amides is 1. The molecule has 0 rings (SSSR count). The summed E-state index contributed by atoms with van der Waals surface area (Å²) in [5.41, 5.74) is 5.69. The second-order valence-corrected chi connectivity index (χ2v) is 5.08. The van der Waals surface area contributed by atoms with Gasteiger partial charge in [-0.1, -0.05) is 44.9 Å². The summed E-state index contributed by atoms with van der Waals surface area (Å²) in [4.78, 5) is 10.6. The Morgan fingerprint density at radius 1 is 1.00 bits per heavy atom. The second-order valence-electron chi connectivity index (χ2n) is 5.08. The molecule has 0 heterocycles. The largest absolute Gasteiger partial charge is 0.356 e. The van der Waals surface area contributed by atoms with E-state index in [9.17, 15) is 4.79 Å². The van der Waals surface area contributed by atoms with Gasteiger partial charge in [-0.15, -0.1) is 0 Å². The van der Waals surface area contributed by atoms with E-state index in [2.05, 4.69) is 12.2 Å². The highest BCUT2D eigenvalue weighted by molar-refractivity contribution is 5.72. The summed E-state index contributed by atoms with van der Waals surface area (Å²) in [6, 6.07) is 0.365. The Morgan fingerprint density at radius 3 is 1.94 bits per heavy atom.